The summed E-state index contributed by atoms with van der Waals surface area (Å²) in [6.07, 6.45) is 19.1. The van der Waals surface area contributed by atoms with Gasteiger partial charge >= 0.3 is 0 Å². The molecule has 0 N–H and O–H groups in total. The van der Waals surface area contributed by atoms with Crippen molar-refractivity contribution >= 4 is 0 Å². The quantitative estimate of drug-likeness (QED) is 0.269. The van der Waals surface area contributed by atoms with Gasteiger partial charge in [0.15, 0.2) is 0 Å². The fourth-order valence-electron chi connectivity index (χ4n) is 5.20. The van der Waals surface area contributed by atoms with Crippen LogP contribution in [0.5, 0.6) is 5.75 Å². The summed E-state index contributed by atoms with van der Waals surface area (Å²) in [5, 5.41) is 0. The second-order valence-electron chi connectivity index (χ2n) is 9.95. The minimum atomic E-state index is 0.767. The molecule has 2 aromatic carbocycles. The zero-order valence-corrected chi connectivity index (χ0v) is 20.8. The zero-order chi connectivity index (χ0) is 22.4. The normalized spacial score (nSPS) is 18.6. The Morgan fingerprint density at radius 1 is 0.625 bits per heavy atom. The maximum Gasteiger partial charge on any atom is 0.119 e. The Morgan fingerprint density at radius 3 is 1.72 bits per heavy atom. The summed E-state index contributed by atoms with van der Waals surface area (Å²) < 4.78 is 5.97. The first-order chi connectivity index (χ1) is 15.8. The Bertz CT molecular complexity index is 722. The lowest BCUT2D eigenvalue weighted by molar-refractivity contribution is 0.304. The first-order valence-corrected chi connectivity index (χ1v) is 13.6. The van der Waals surface area contributed by atoms with E-state index in [2.05, 4.69) is 62.4 Å². The molecule has 0 aliphatic heterocycles. The molecule has 1 heteroatoms. The number of hydrogen-bond acceptors (Lipinski definition) is 1. The van der Waals surface area contributed by atoms with E-state index in [1.54, 1.807) is 0 Å². The summed E-state index contributed by atoms with van der Waals surface area (Å²) in [4.78, 5) is 0. The Labute approximate surface area is 198 Å². The van der Waals surface area contributed by atoms with E-state index in [1.165, 1.54) is 107 Å². The van der Waals surface area contributed by atoms with Crippen LogP contribution in [-0.2, 0) is 0 Å². The first-order valence-electron chi connectivity index (χ1n) is 13.6. The third-order valence-corrected chi connectivity index (χ3v) is 7.51. The van der Waals surface area contributed by atoms with Crippen LogP contribution in [0.3, 0.4) is 0 Å². The smallest absolute Gasteiger partial charge is 0.119 e. The lowest BCUT2D eigenvalue weighted by Gasteiger charge is -2.28. The van der Waals surface area contributed by atoms with Crippen LogP contribution in [0.1, 0.15) is 115 Å². The summed E-state index contributed by atoms with van der Waals surface area (Å²) >= 11 is 0. The molecule has 176 valence electrons. The summed E-state index contributed by atoms with van der Waals surface area (Å²) in [5.41, 5.74) is 4.12. The highest BCUT2D eigenvalue weighted by molar-refractivity contribution is 5.64. The van der Waals surface area contributed by atoms with Gasteiger partial charge < -0.3 is 4.74 Å². The zero-order valence-electron chi connectivity index (χ0n) is 20.8. The summed E-state index contributed by atoms with van der Waals surface area (Å²) in [5.74, 6) is 2.73. The molecule has 32 heavy (non-hydrogen) atoms. The second kappa shape index (κ2) is 14.4. The van der Waals surface area contributed by atoms with Crippen molar-refractivity contribution in [3.63, 3.8) is 0 Å². The van der Waals surface area contributed by atoms with Crippen molar-refractivity contribution in [2.75, 3.05) is 6.61 Å². The molecular formula is C31H46O. The van der Waals surface area contributed by atoms with Crippen molar-refractivity contribution < 1.29 is 4.74 Å². The second-order valence-corrected chi connectivity index (χ2v) is 9.95. The summed E-state index contributed by atoms with van der Waals surface area (Å²) in [6, 6.07) is 18.0. The molecule has 1 aliphatic carbocycles. The van der Waals surface area contributed by atoms with Gasteiger partial charge in [0.25, 0.3) is 0 Å². The maximum atomic E-state index is 5.97. The number of ether oxygens (including phenoxy) is 1. The molecule has 0 heterocycles. The standard InChI is InChI=1S/C31H46O/c1-3-5-6-7-8-9-10-11-12-25-32-31-23-21-30(22-24-31)29-19-17-28(18-20-29)27-15-13-26(4-2)14-16-27/h17-24,26-27H,3-16,25H2,1-2H3. The average Bonchev–Trinajstić information content (AvgIpc) is 2.86. The highest BCUT2D eigenvalue weighted by Crippen LogP contribution is 2.37. The summed E-state index contributed by atoms with van der Waals surface area (Å²) in [6.45, 7) is 5.46. The van der Waals surface area contributed by atoms with Gasteiger partial charge in [0.2, 0.25) is 0 Å². The topological polar surface area (TPSA) is 9.23 Å². The molecule has 0 unspecified atom stereocenters. The number of hydrogen-bond donors (Lipinski definition) is 0. The fourth-order valence-corrected chi connectivity index (χ4v) is 5.20. The van der Waals surface area contributed by atoms with E-state index in [4.69, 9.17) is 4.74 Å². The van der Waals surface area contributed by atoms with Crippen molar-refractivity contribution in [1.82, 2.24) is 0 Å². The summed E-state index contributed by atoms with van der Waals surface area (Å²) in [7, 11) is 0. The van der Waals surface area contributed by atoms with Gasteiger partial charge in [-0.1, -0.05) is 108 Å². The van der Waals surface area contributed by atoms with Crippen molar-refractivity contribution in [3.8, 4) is 16.9 Å². The van der Waals surface area contributed by atoms with E-state index < -0.39 is 0 Å². The number of rotatable bonds is 14. The Hall–Kier alpha value is -1.76. The van der Waals surface area contributed by atoms with Gasteiger partial charge in [0.05, 0.1) is 6.61 Å². The van der Waals surface area contributed by atoms with Gasteiger partial charge in [0, 0.05) is 0 Å². The van der Waals surface area contributed by atoms with Crippen LogP contribution in [-0.4, -0.2) is 6.61 Å². The molecule has 0 atom stereocenters. The fraction of sp³-hybridized carbons (Fsp3) is 0.613. The predicted octanol–water partition coefficient (Wildman–Crippen LogP) is 9.95. The van der Waals surface area contributed by atoms with E-state index in [-0.39, 0.29) is 0 Å². The minimum absolute atomic E-state index is 0.767. The van der Waals surface area contributed by atoms with E-state index in [0.29, 0.717) is 0 Å². The molecule has 1 nitrogen and oxygen atoms in total. The van der Waals surface area contributed by atoms with Gasteiger partial charge in [-0.2, -0.15) is 0 Å². The lowest BCUT2D eigenvalue weighted by atomic mass is 9.77. The monoisotopic (exact) mass is 434 g/mol. The van der Waals surface area contributed by atoms with Gasteiger partial charge in [-0.25, -0.2) is 0 Å². The molecule has 1 fully saturated rings. The highest BCUT2D eigenvalue weighted by atomic mass is 16.5. The van der Waals surface area contributed by atoms with Crippen LogP contribution in [0.15, 0.2) is 48.5 Å². The van der Waals surface area contributed by atoms with Crippen molar-refractivity contribution in [1.29, 1.82) is 0 Å². The average molecular weight is 435 g/mol. The van der Waals surface area contributed by atoms with Crippen molar-refractivity contribution in [2.24, 2.45) is 5.92 Å². The van der Waals surface area contributed by atoms with E-state index in [0.717, 1.165) is 24.2 Å². The van der Waals surface area contributed by atoms with Crippen LogP contribution in [0, 0.1) is 5.92 Å². The van der Waals surface area contributed by atoms with E-state index >= 15 is 0 Å². The molecule has 1 saturated carbocycles. The molecule has 0 spiro atoms. The predicted molar refractivity (Wildman–Crippen MR) is 140 cm³/mol. The molecular weight excluding hydrogens is 388 g/mol. The van der Waals surface area contributed by atoms with E-state index in [9.17, 15) is 0 Å². The van der Waals surface area contributed by atoms with Gasteiger partial charge in [-0.05, 0) is 72.8 Å². The Morgan fingerprint density at radius 2 is 1.16 bits per heavy atom. The molecule has 0 bridgehead atoms. The van der Waals surface area contributed by atoms with Crippen LogP contribution < -0.4 is 4.74 Å². The van der Waals surface area contributed by atoms with Crippen molar-refractivity contribution in [2.45, 2.75) is 110 Å². The number of benzene rings is 2. The maximum absolute atomic E-state index is 5.97. The molecule has 2 aromatic rings. The van der Waals surface area contributed by atoms with Crippen LogP contribution in [0.25, 0.3) is 11.1 Å². The van der Waals surface area contributed by atoms with Gasteiger partial charge in [-0.3, -0.25) is 0 Å². The van der Waals surface area contributed by atoms with E-state index in [1.807, 2.05) is 0 Å². The Kier molecular flexibility index (Phi) is 11.2. The van der Waals surface area contributed by atoms with Crippen LogP contribution in [0.4, 0.5) is 0 Å². The molecule has 0 radical (unpaired) electrons. The Balaban J connectivity index is 1.34. The van der Waals surface area contributed by atoms with Crippen LogP contribution in [0.2, 0.25) is 0 Å². The largest absolute Gasteiger partial charge is 0.494 e. The van der Waals surface area contributed by atoms with Gasteiger partial charge in [0.1, 0.15) is 5.75 Å². The molecule has 0 aromatic heterocycles. The molecule has 0 saturated heterocycles. The number of unbranched alkanes of at least 4 members (excludes halogenated alkanes) is 8. The van der Waals surface area contributed by atoms with Crippen LogP contribution >= 0.6 is 0 Å². The lowest BCUT2D eigenvalue weighted by Crippen LogP contribution is -2.12. The SMILES string of the molecule is CCCCCCCCCCCOc1ccc(-c2ccc(C3CCC(CC)CC3)cc2)cc1. The minimum Gasteiger partial charge on any atom is -0.494 e. The third kappa shape index (κ3) is 8.30. The molecule has 0 amide bonds. The molecule has 3 rings (SSSR count). The molecule has 1 aliphatic rings. The highest BCUT2D eigenvalue weighted by Gasteiger charge is 2.21. The van der Waals surface area contributed by atoms with Gasteiger partial charge in [-0.15, -0.1) is 0 Å². The first kappa shape index (κ1) is 24.9. The van der Waals surface area contributed by atoms with Crippen molar-refractivity contribution in [3.05, 3.63) is 54.1 Å². The third-order valence-electron chi connectivity index (χ3n) is 7.51.